The Morgan fingerprint density at radius 1 is 0.929 bits per heavy atom. The van der Waals surface area contributed by atoms with Gasteiger partial charge < -0.3 is 14.5 Å². The van der Waals surface area contributed by atoms with E-state index in [4.69, 9.17) is 9.15 Å². The first-order valence-corrected chi connectivity index (χ1v) is 8.50. The third-order valence-electron chi connectivity index (χ3n) is 3.75. The lowest BCUT2D eigenvalue weighted by atomic mass is 10.0. The lowest BCUT2D eigenvalue weighted by Gasteiger charge is -2.10. The van der Waals surface area contributed by atoms with Crippen LogP contribution in [0.2, 0.25) is 0 Å². The van der Waals surface area contributed by atoms with Gasteiger partial charge in [-0.05, 0) is 30.3 Å². The van der Waals surface area contributed by atoms with Gasteiger partial charge in [0.05, 0.1) is 12.0 Å². The summed E-state index contributed by atoms with van der Waals surface area (Å²) in [5.74, 6) is -0.946. The molecule has 0 atom stereocenters. The summed E-state index contributed by atoms with van der Waals surface area (Å²) < 4.78 is 9.95. The predicted molar refractivity (Wildman–Crippen MR) is 104 cm³/mol. The lowest BCUT2D eigenvalue weighted by Crippen LogP contribution is -2.21. The van der Waals surface area contributed by atoms with Crippen molar-refractivity contribution in [1.82, 2.24) is 0 Å². The Labute approximate surface area is 161 Å². The number of carbonyl (C=O) groups excluding carboxylic acids is 3. The Kier molecular flexibility index (Phi) is 6.15. The molecule has 140 valence electrons. The van der Waals surface area contributed by atoms with Crippen molar-refractivity contribution in [2.45, 2.75) is 0 Å². The van der Waals surface area contributed by atoms with Crippen LogP contribution >= 0.6 is 0 Å². The van der Waals surface area contributed by atoms with Gasteiger partial charge in [-0.15, -0.1) is 0 Å². The number of hydrogen-bond donors (Lipinski definition) is 1. The van der Waals surface area contributed by atoms with E-state index in [1.807, 2.05) is 6.07 Å². The molecule has 1 aromatic heterocycles. The zero-order valence-corrected chi connectivity index (χ0v) is 14.8. The average Bonchev–Trinajstić information content (AvgIpc) is 3.25. The summed E-state index contributed by atoms with van der Waals surface area (Å²) >= 11 is 0. The molecular weight excluding hydrogens is 358 g/mol. The molecule has 6 nitrogen and oxygen atoms in total. The van der Waals surface area contributed by atoms with Crippen LogP contribution in [0.3, 0.4) is 0 Å². The van der Waals surface area contributed by atoms with Crippen LogP contribution in [-0.2, 0) is 14.3 Å². The van der Waals surface area contributed by atoms with E-state index in [1.54, 1.807) is 60.7 Å². The molecule has 2 aromatic carbocycles. The van der Waals surface area contributed by atoms with Crippen molar-refractivity contribution in [3.05, 3.63) is 96.0 Å². The van der Waals surface area contributed by atoms with Gasteiger partial charge in [-0.3, -0.25) is 9.59 Å². The van der Waals surface area contributed by atoms with Gasteiger partial charge >= 0.3 is 5.97 Å². The number of hydrogen-bond acceptors (Lipinski definition) is 5. The molecule has 28 heavy (non-hydrogen) atoms. The summed E-state index contributed by atoms with van der Waals surface area (Å²) in [5, 5.41) is 2.61. The van der Waals surface area contributed by atoms with Gasteiger partial charge in [-0.2, -0.15) is 0 Å². The number of para-hydroxylation sites is 1. The van der Waals surface area contributed by atoms with Gasteiger partial charge in [0, 0.05) is 17.2 Å². The first-order valence-electron chi connectivity index (χ1n) is 8.50. The van der Waals surface area contributed by atoms with Crippen molar-refractivity contribution in [3.8, 4) is 0 Å². The molecule has 3 rings (SSSR count). The van der Waals surface area contributed by atoms with Crippen molar-refractivity contribution < 1.29 is 23.5 Å². The van der Waals surface area contributed by atoms with E-state index in [0.717, 1.165) is 0 Å². The summed E-state index contributed by atoms with van der Waals surface area (Å²) in [6, 6.07) is 18.8. The minimum Gasteiger partial charge on any atom is -0.465 e. The van der Waals surface area contributed by atoms with Crippen molar-refractivity contribution in [1.29, 1.82) is 0 Å². The summed E-state index contributed by atoms with van der Waals surface area (Å²) in [6.45, 7) is -0.477. The average molecular weight is 375 g/mol. The van der Waals surface area contributed by atoms with E-state index in [-0.39, 0.29) is 5.78 Å². The highest BCUT2D eigenvalue weighted by Crippen LogP contribution is 2.19. The second kappa shape index (κ2) is 9.14. The monoisotopic (exact) mass is 375 g/mol. The highest BCUT2D eigenvalue weighted by atomic mass is 16.5. The van der Waals surface area contributed by atoms with Crippen LogP contribution in [0.25, 0.3) is 6.08 Å². The van der Waals surface area contributed by atoms with E-state index in [0.29, 0.717) is 22.6 Å². The maximum absolute atomic E-state index is 12.7. The number of carbonyl (C=O) groups is 3. The molecule has 0 spiro atoms. The topological polar surface area (TPSA) is 85.6 Å². The largest absolute Gasteiger partial charge is 0.465 e. The molecule has 1 N–H and O–H groups in total. The molecule has 6 heteroatoms. The Bertz CT molecular complexity index is 991. The van der Waals surface area contributed by atoms with Crippen molar-refractivity contribution in [2.24, 2.45) is 0 Å². The highest BCUT2D eigenvalue weighted by molar-refractivity contribution is 6.13. The molecule has 0 aliphatic rings. The minimum absolute atomic E-state index is 0.213. The van der Waals surface area contributed by atoms with Crippen molar-refractivity contribution >= 4 is 29.4 Å². The first-order chi connectivity index (χ1) is 13.6. The maximum Gasteiger partial charge on any atom is 0.331 e. The molecule has 0 saturated carbocycles. The molecule has 0 aliphatic heterocycles. The highest BCUT2D eigenvalue weighted by Gasteiger charge is 2.15. The SMILES string of the molecule is O=C(COC(=O)/C=C/c1ccco1)Nc1ccccc1C(=O)c1ccccc1. The standard InChI is InChI=1S/C22H17NO5/c24-20(15-28-21(25)13-12-17-9-6-14-27-17)23-19-11-5-4-10-18(19)22(26)16-7-2-1-3-8-16/h1-14H,15H2,(H,23,24)/b13-12+. The normalized spacial score (nSPS) is 10.6. The van der Waals surface area contributed by atoms with Crippen LogP contribution < -0.4 is 5.32 Å². The Balaban J connectivity index is 1.60. The van der Waals surface area contributed by atoms with E-state index in [9.17, 15) is 14.4 Å². The number of esters is 1. The van der Waals surface area contributed by atoms with Crippen LogP contribution in [0.15, 0.2) is 83.5 Å². The van der Waals surface area contributed by atoms with Gasteiger partial charge in [0.2, 0.25) is 0 Å². The Morgan fingerprint density at radius 2 is 1.68 bits per heavy atom. The number of ether oxygens (including phenoxy) is 1. The third kappa shape index (κ3) is 5.04. The molecule has 1 amide bonds. The number of furan rings is 1. The fourth-order valence-electron chi connectivity index (χ4n) is 2.44. The molecule has 0 unspecified atom stereocenters. The fourth-order valence-corrected chi connectivity index (χ4v) is 2.44. The van der Waals surface area contributed by atoms with Crippen LogP contribution in [0.1, 0.15) is 21.7 Å². The molecule has 0 aliphatic carbocycles. The van der Waals surface area contributed by atoms with Crippen LogP contribution in [-0.4, -0.2) is 24.3 Å². The Morgan fingerprint density at radius 3 is 2.43 bits per heavy atom. The number of benzene rings is 2. The van der Waals surface area contributed by atoms with Crippen LogP contribution in [0, 0.1) is 0 Å². The number of amides is 1. The minimum atomic E-state index is -0.680. The second-order valence-electron chi connectivity index (χ2n) is 5.75. The zero-order valence-electron chi connectivity index (χ0n) is 14.8. The number of rotatable bonds is 7. The van der Waals surface area contributed by atoms with Crippen molar-refractivity contribution in [3.63, 3.8) is 0 Å². The quantitative estimate of drug-likeness (QED) is 0.387. The Hall–Kier alpha value is -3.93. The van der Waals surface area contributed by atoms with Crippen LogP contribution in [0.4, 0.5) is 5.69 Å². The van der Waals surface area contributed by atoms with E-state index in [2.05, 4.69) is 5.32 Å². The molecular formula is C22H17NO5. The van der Waals surface area contributed by atoms with E-state index < -0.39 is 18.5 Å². The lowest BCUT2D eigenvalue weighted by molar-refractivity contribution is -0.142. The van der Waals surface area contributed by atoms with Crippen LogP contribution in [0.5, 0.6) is 0 Å². The third-order valence-corrected chi connectivity index (χ3v) is 3.75. The number of ketones is 1. The number of anilines is 1. The first kappa shape index (κ1) is 18.8. The molecule has 1 heterocycles. The molecule has 3 aromatic rings. The van der Waals surface area contributed by atoms with E-state index in [1.165, 1.54) is 18.4 Å². The van der Waals surface area contributed by atoms with E-state index >= 15 is 0 Å². The maximum atomic E-state index is 12.7. The van der Waals surface area contributed by atoms with Gasteiger partial charge in [0.15, 0.2) is 12.4 Å². The fraction of sp³-hybridized carbons (Fsp3) is 0.0455. The molecule has 0 radical (unpaired) electrons. The smallest absolute Gasteiger partial charge is 0.331 e. The predicted octanol–water partition coefficient (Wildman–Crippen LogP) is 3.71. The second-order valence-corrected chi connectivity index (χ2v) is 5.75. The summed E-state index contributed by atoms with van der Waals surface area (Å²) in [7, 11) is 0. The van der Waals surface area contributed by atoms with Gasteiger partial charge in [-0.25, -0.2) is 4.79 Å². The van der Waals surface area contributed by atoms with Gasteiger partial charge in [0.25, 0.3) is 5.91 Å². The molecule has 0 fully saturated rings. The summed E-state index contributed by atoms with van der Waals surface area (Å²) in [6.07, 6.45) is 4.08. The zero-order chi connectivity index (χ0) is 19.8. The summed E-state index contributed by atoms with van der Waals surface area (Å²) in [4.78, 5) is 36.4. The summed E-state index contributed by atoms with van der Waals surface area (Å²) in [5.41, 5.74) is 1.22. The van der Waals surface area contributed by atoms with Gasteiger partial charge in [0.1, 0.15) is 5.76 Å². The molecule has 0 bridgehead atoms. The van der Waals surface area contributed by atoms with Crippen molar-refractivity contribution in [2.75, 3.05) is 11.9 Å². The molecule has 0 saturated heterocycles. The van der Waals surface area contributed by atoms with Gasteiger partial charge in [-0.1, -0.05) is 42.5 Å². The number of nitrogens with one attached hydrogen (secondary N) is 1.